The molecule has 1 saturated carbocycles. The molecule has 0 aromatic heterocycles. The van der Waals surface area contributed by atoms with E-state index in [0.29, 0.717) is 11.5 Å². The first-order valence-corrected chi connectivity index (χ1v) is 19.2. The zero-order valence-electron chi connectivity index (χ0n) is 31.0. The van der Waals surface area contributed by atoms with Gasteiger partial charge in [0.2, 0.25) is 11.8 Å². The molecule has 53 heavy (non-hydrogen) atoms. The predicted molar refractivity (Wildman–Crippen MR) is 204 cm³/mol. The van der Waals surface area contributed by atoms with Gasteiger partial charge in [-0.25, -0.2) is 8.42 Å². The van der Waals surface area contributed by atoms with Gasteiger partial charge in [-0.15, -0.1) is 0 Å². The molecule has 4 aromatic rings. The quantitative estimate of drug-likeness (QED) is 0.142. The van der Waals surface area contributed by atoms with Crippen molar-refractivity contribution < 1.29 is 37.0 Å². The van der Waals surface area contributed by atoms with Gasteiger partial charge in [-0.2, -0.15) is 0 Å². The molecule has 0 aliphatic heterocycles. The van der Waals surface area contributed by atoms with E-state index in [0.717, 1.165) is 53.1 Å². The van der Waals surface area contributed by atoms with E-state index in [1.54, 1.807) is 12.1 Å². The first kappa shape index (κ1) is 39.0. The van der Waals surface area contributed by atoms with Crippen molar-refractivity contribution in [2.45, 2.75) is 69.0 Å². The number of carbonyl (C=O) groups is 2. The number of nitrogens with zero attached hydrogens (tertiary/aromatic N) is 2. The maximum atomic E-state index is 15.0. The Bertz CT molecular complexity index is 1950. The summed E-state index contributed by atoms with van der Waals surface area (Å²) in [7, 11) is 1.26. The molecule has 0 spiro atoms. The molecule has 1 fully saturated rings. The van der Waals surface area contributed by atoms with E-state index in [4.69, 9.17) is 18.9 Å². The molecule has 1 aliphatic carbocycles. The Morgan fingerprint density at radius 2 is 1.42 bits per heavy atom. The highest BCUT2D eigenvalue weighted by Crippen LogP contribution is 2.38. The van der Waals surface area contributed by atoms with Crippen molar-refractivity contribution in [2.24, 2.45) is 0 Å². The summed E-state index contributed by atoms with van der Waals surface area (Å²) >= 11 is 0. The fraction of sp³-hybridized carbons (Fsp3) is 0.366. The molecule has 12 heteroatoms. The van der Waals surface area contributed by atoms with Gasteiger partial charge >= 0.3 is 0 Å². The van der Waals surface area contributed by atoms with Crippen molar-refractivity contribution in [2.75, 3.05) is 39.3 Å². The molecule has 0 saturated heterocycles. The predicted octanol–water partition coefficient (Wildman–Crippen LogP) is 6.31. The lowest BCUT2D eigenvalue weighted by molar-refractivity contribution is -0.140. The molecule has 11 nitrogen and oxygen atoms in total. The molecule has 2 amide bonds. The SMILES string of the molecule is COc1ccc(OC)c(N(CC(=O)N(Cc2ccc(C)cc2)[C@H](Cc2ccccc2)C(=O)NC2CCCCC2)S(=O)(=O)c2ccc(OC)c(OC)c2)c1. The van der Waals surface area contributed by atoms with Crippen LogP contribution in [0, 0.1) is 6.92 Å². The van der Waals surface area contributed by atoms with Crippen LogP contribution in [0.2, 0.25) is 0 Å². The normalized spacial score (nSPS) is 13.8. The topological polar surface area (TPSA) is 124 Å². The number of hydrogen-bond acceptors (Lipinski definition) is 8. The Morgan fingerprint density at radius 1 is 0.755 bits per heavy atom. The number of sulfonamides is 1. The third-order valence-electron chi connectivity index (χ3n) is 9.57. The molecule has 4 aromatic carbocycles. The minimum absolute atomic E-state index is 0.00572. The summed E-state index contributed by atoms with van der Waals surface area (Å²) in [5.74, 6) is 0.217. The van der Waals surface area contributed by atoms with Crippen molar-refractivity contribution in [3.8, 4) is 23.0 Å². The lowest BCUT2D eigenvalue weighted by Gasteiger charge is -2.35. The maximum absolute atomic E-state index is 15.0. The van der Waals surface area contributed by atoms with Crippen LogP contribution < -0.4 is 28.6 Å². The summed E-state index contributed by atoms with van der Waals surface area (Å²) in [6.45, 7) is 1.38. The highest BCUT2D eigenvalue weighted by atomic mass is 32.2. The van der Waals surface area contributed by atoms with Gasteiger partial charge in [0.1, 0.15) is 24.1 Å². The number of anilines is 1. The van der Waals surface area contributed by atoms with E-state index < -0.39 is 28.5 Å². The summed E-state index contributed by atoms with van der Waals surface area (Å²) in [5.41, 5.74) is 2.78. The first-order chi connectivity index (χ1) is 25.6. The number of rotatable bonds is 16. The number of ether oxygens (including phenoxy) is 4. The van der Waals surface area contributed by atoms with Crippen LogP contribution in [0.25, 0.3) is 0 Å². The number of hydrogen-bond donors (Lipinski definition) is 1. The standard InChI is InChI=1S/C41H49N3O8S/c1-29-16-18-31(19-17-29)27-43(36(24-30-12-8-6-9-13-30)41(46)42-32-14-10-7-11-15-32)40(45)28-44(35-25-33(49-2)20-22-37(35)50-3)53(47,48)34-21-23-38(51-4)39(26-34)52-5/h6,8-9,12-13,16-23,25-26,32,36H,7,10-11,14-15,24,27-28H2,1-5H3,(H,42,46)/t36-/m1/s1. The second kappa shape index (κ2) is 18.0. The second-order valence-electron chi connectivity index (χ2n) is 13.1. The molecule has 0 heterocycles. The van der Waals surface area contributed by atoms with Crippen LogP contribution in [0.15, 0.2) is 95.9 Å². The highest BCUT2D eigenvalue weighted by Gasteiger charge is 2.37. The van der Waals surface area contributed by atoms with Gasteiger partial charge in [-0.05, 0) is 55.2 Å². The van der Waals surface area contributed by atoms with Crippen LogP contribution in [-0.2, 0) is 32.6 Å². The minimum atomic E-state index is -4.49. The van der Waals surface area contributed by atoms with Gasteiger partial charge < -0.3 is 29.2 Å². The summed E-state index contributed by atoms with van der Waals surface area (Å²) in [6, 6.07) is 25.2. The monoisotopic (exact) mass is 743 g/mol. The molecule has 0 radical (unpaired) electrons. The van der Waals surface area contributed by atoms with Gasteiger partial charge in [-0.3, -0.25) is 13.9 Å². The Hall–Kier alpha value is -5.23. The number of nitrogens with one attached hydrogen (secondary N) is 1. The number of methoxy groups -OCH3 is 4. The van der Waals surface area contributed by atoms with E-state index in [1.165, 1.54) is 57.6 Å². The largest absolute Gasteiger partial charge is 0.497 e. The van der Waals surface area contributed by atoms with E-state index in [1.807, 2.05) is 61.5 Å². The number of amides is 2. The molecule has 1 aliphatic rings. The molecule has 0 bridgehead atoms. The number of carbonyl (C=O) groups excluding carboxylic acids is 2. The van der Waals surface area contributed by atoms with Crippen molar-refractivity contribution in [1.29, 1.82) is 0 Å². The number of aryl methyl sites for hydroxylation is 1. The lowest BCUT2D eigenvalue weighted by Crippen LogP contribution is -2.55. The lowest BCUT2D eigenvalue weighted by atomic mass is 9.94. The molecule has 5 rings (SSSR count). The molecule has 1 atom stereocenters. The van der Waals surface area contributed by atoms with Crippen LogP contribution in [0.5, 0.6) is 23.0 Å². The maximum Gasteiger partial charge on any atom is 0.265 e. The number of benzene rings is 4. The third kappa shape index (κ3) is 9.61. The van der Waals surface area contributed by atoms with Crippen molar-refractivity contribution >= 4 is 27.5 Å². The molecular formula is C41H49N3O8S. The van der Waals surface area contributed by atoms with E-state index >= 15 is 4.79 Å². The smallest absolute Gasteiger partial charge is 0.265 e. The van der Waals surface area contributed by atoms with Gasteiger partial charge in [0.15, 0.2) is 11.5 Å². The van der Waals surface area contributed by atoms with Crippen molar-refractivity contribution in [3.63, 3.8) is 0 Å². The Labute approximate surface area is 312 Å². The Kier molecular flexibility index (Phi) is 13.2. The Balaban J connectivity index is 1.63. The molecule has 282 valence electrons. The van der Waals surface area contributed by atoms with Gasteiger partial charge in [0, 0.05) is 31.1 Å². The van der Waals surface area contributed by atoms with Crippen LogP contribution in [-0.4, -0.2) is 72.2 Å². The highest BCUT2D eigenvalue weighted by molar-refractivity contribution is 7.92. The van der Waals surface area contributed by atoms with Gasteiger partial charge in [0.05, 0.1) is 39.0 Å². The van der Waals surface area contributed by atoms with Crippen molar-refractivity contribution in [3.05, 3.63) is 108 Å². The third-order valence-corrected chi connectivity index (χ3v) is 11.3. The zero-order valence-corrected chi connectivity index (χ0v) is 31.9. The van der Waals surface area contributed by atoms with Crippen LogP contribution in [0.4, 0.5) is 5.69 Å². The Morgan fingerprint density at radius 3 is 2.06 bits per heavy atom. The molecule has 1 N–H and O–H groups in total. The summed E-state index contributed by atoms with van der Waals surface area (Å²) in [4.78, 5) is 30.8. The minimum Gasteiger partial charge on any atom is -0.497 e. The first-order valence-electron chi connectivity index (χ1n) is 17.7. The fourth-order valence-corrected chi connectivity index (χ4v) is 8.03. The molecule has 0 unspecified atom stereocenters. The van der Waals surface area contributed by atoms with E-state index in [-0.39, 0.29) is 47.0 Å². The fourth-order valence-electron chi connectivity index (χ4n) is 6.60. The van der Waals surface area contributed by atoms with Crippen LogP contribution in [0.3, 0.4) is 0 Å². The van der Waals surface area contributed by atoms with Crippen LogP contribution >= 0.6 is 0 Å². The van der Waals surface area contributed by atoms with E-state index in [2.05, 4.69) is 5.32 Å². The average Bonchev–Trinajstić information content (AvgIpc) is 3.18. The summed E-state index contributed by atoms with van der Waals surface area (Å²) in [6.07, 6.45) is 5.11. The second-order valence-corrected chi connectivity index (χ2v) is 15.0. The van der Waals surface area contributed by atoms with Gasteiger partial charge in [-0.1, -0.05) is 79.4 Å². The average molecular weight is 744 g/mol. The van der Waals surface area contributed by atoms with E-state index in [9.17, 15) is 13.2 Å². The zero-order chi connectivity index (χ0) is 38.0. The molecular weight excluding hydrogens is 695 g/mol. The summed E-state index contributed by atoms with van der Waals surface area (Å²) in [5, 5.41) is 3.24. The van der Waals surface area contributed by atoms with Crippen LogP contribution in [0.1, 0.15) is 48.8 Å². The van der Waals surface area contributed by atoms with Crippen molar-refractivity contribution in [1.82, 2.24) is 10.2 Å². The van der Waals surface area contributed by atoms with Gasteiger partial charge in [0.25, 0.3) is 10.0 Å². The summed E-state index contributed by atoms with van der Waals surface area (Å²) < 4.78 is 52.4.